The number of rotatable bonds is 1. The highest BCUT2D eigenvalue weighted by atomic mass is 14.9. The molecule has 1 aromatic heterocycles. The summed E-state index contributed by atoms with van der Waals surface area (Å²) < 4.78 is 0. The Morgan fingerprint density at radius 1 is 1.07 bits per heavy atom. The number of hydrogen-bond donors (Lipinski definition) is 2. The first-order chi connectivity index (χ1) is 7.28. The summed E-state index contributed by atoms with van der Waals surface area (Å²) in [6.45, 7) is 0. The van der Waals surface area contributed by atoms with E-state index in [4.69, 9.17) is 5.73 Å². The van der Waals surface area contributed by atoms with Gasteiger partial charge in [-0.3, -0.25) is 0 Å². The van der Waals surface area contributed by atoms with Crippen molar-refractivity contribution >= 4 is 0 Å². The second-order valence-electron chi connectivity index (χ2n) is 5.26. The Morgan fingerprint density at radius 2 is 1.80 bits per heavy atom. The molecular weight excluding hydrogens is 184 g/mol. The highest BCUT2D eigenvalue weighted by Crippen LogP contribution is 2.37. The maximum absolute atomic E-state index is 6.46. The lowest BCUT2D eigenvalue weighted by molar-refractivity contribution is 0.448. The molecular formula is C13H20N2. The Bertz CT molecular complexity index is 335. The molecule has 0 saturated heterocycles. The first kappa shape index (κ1) is 9.46. The summed E-state index contributed by atoms with van der Waals surface area (Å²) in [7, 11) is 0. The third kappa shape index (κ3) is 1.51. The van der Waals surface area contributed by atoms with Crippen LogP contribution in [-0.4, -0.2) is 4.98 Å². The minimum Gasteiger partial charge on any atom is -0.360 e. The number of hydrogen-bond acceptors (Lipinski definition) is 1. The molecule has 0 radical (unpaired) electrons. The van der Waals surface area contributed by atoms with Crippen molar-refractivity contribution in [1.29, 1.82) is 0 Å². The largest absolute Gasteiger partial charge is 0.360 e. The lowest BCUT2D eigenvalue weighted by Gasteiger charge is -2.21. The molecule has 2 nitrogen and oxygen atoms in total. The van der Waals surface area contributed by atoms with Crippen molar-refractivity contribution < 1.29 is 0 Å². The molecule has 1 aromatic rings. The van der Waals surface area contributed by atoms with Crippen LogP contribution in [0.1, 0.15) is 55.5 Å². The van der Waals surface area contributed by atoms with E-state index in [1.807, 2.05) is 0 Å². The molecule has 82 valence electrons. The predicted octanol–water partition coefficient (Wildman–Crippen LogP) is 2.62. The fraction of sp³-hybridized carbons (Fsp3) is 0.692. The molecule has 15 heavy (non-hydrogen) atoms. The zero-order valence-electron chi connectivity index (χ0n) is 9.31. The Balaban J connectivity index is 1.95. The van der Waals surface area contributed by atoms with E-state index in [1.54, 1.807) is 0 Å². The van der Waals surface area contributed by atoms with E-state index < -0.39 is 0 Å². The Kier molecular flexibility index (Phi) is 2.13. The summed E-state index contributed by atoms with van der Waals surface area (Å²) in [6.07, 6.45) is 10.1. The number of aromatic amines is 1. The van der Waals surface area contributed by atoms with Gasteiger partial charge < -0.3 is 10.7 Å². The molecule has 2 aliphatic rings. The normalized spacial score (nSPS) is 24.1. The van der Waals surface area contributed by atoms with Crippen LogP contribution in [0.4, 0.5) is 0 Å². The highest BCUT2D eigenvalue weighted by Gasteiger charge is 2.33. The summed E-state index contributed by atoms with van der Waals surface area (Å²) in [6, 6.07) is 2.35. The number of aryl methyl sites for hydroxylation is 2. The molecule has 0 amide bonds. The molecule has 0 atom stereocenters. The minimum atomic E-state index is -0.0304. The van der Waals surface area contributed by atoms with Crippen molar-refractivity contribution in [2.45, 2.75) is 56.9 Å². The second-order valence-corrected chi connectivity index (χ2v) is 5.26. The molecule has 1 saturated carbocycles. The molecule has 0 bridgehead atoms. The molecule has 0 aliphatic heterocycles. The van der Waals surface area contributed by atoms with Crippen molar-refractivity contribution in [3.05, 3.63) is 23.0 Å². The summed E-state index contributed by atoms with van der Waals surface area (Å²) in [5.74, 6) is 0. The lowest BCUT2D eigenvalue weighted by atomic mass is 9.93. The van der Waals surface area contributed by atoms with Gasteiger partial charge in [0.15, 0.2) is 0 Å². The number of H-pyrrole nitrogens is 1. The van der Waals surface area contributed by atoms with Crippen molar-refractivity contribution in [2.24, 2.45) is 5.73 Å². The fourth-order valence-corrected chi connectivity index (χ4v) is 3.15. The van der Waals surface area contributed by atoms with Gasteiger partial charge in [0.25, 0.3) is 0 Å². The number of aromatic nitrogens is 1. The molecule has 1 heterocycles. The summed E-state index contributed by atoms with van der Waals surface area (Å²) >= 11 is 0. The maximum atomic E-state index is 6.46. The van der Waals surface area contributed by atoms with Crippen LogP contribution in [-0.2, 0) is 18.4 Å². The van der Waals surface area contributed by atoms with Gasteiger partial charge in [0, 0.05) is 11.4 Å². The van der Waals surface area contributed by atoms with Gasteiger partial charge in [-0.15, -0.1) is 0 Å². The van der Waals surface area contributed by atoms with Crippen LogP contribution in [0.2, 0.25) is 0 Å². The van der Waals surface area contributed by atoms with Gasteiger partial charge in [-0.25, -0.2) is 0 Å². The van der Waals surface area contributed by atoms with E-state index in [1.165, 1.54) is 55.5 Å². The number of fused-ring (bicyclic) bond motifs is 1. The molecule has 2 heteroatoms. The number of nitrogens with one attached hydrogen (secondary N) is 1. The average Bonchev–Trinajstić information content (AvgIpc) is 2.84. The standard InChI is InChI=1S/C13H20N2/c14-13(7-3-4-8-13)12-9-10-5-1-2-6-11(10)15-12/h9,15H,1-8,14H2. The highest BCUT2D eigenvalue weighted by molar-refractivity contribution is 5.32. The van der Waals surface area contributed by atoms with Crippen LogP contribution in [0, 0.1) is 0 Å². The topological polar surface area (TPSA) is 41.8 Å². The van der Waals surface area contributed by atoms with Gasteiger partial charge in [0.2, 0.25) is 0 Å². The van der Waals surface area contributed by atoms with Gasteiger partial charge in [-0.2, -0.15) is 0 Å². The zero-order valence-corrected chi connectivity index (χ0v) is 9.31. The Hall–Kier alpha value is -0.760. The maximum Gasteiger partial charge on any atom is 0.0561 e. The first-order valence-corrected chi connectivity index (χ1v) is 6.28. The average molecular weight is 204 g/mol. The SMILES string of the molecule is NC1(c2cc3c([nH]2)CCCC3)CCCC1. The molecule has 1 fully saturated rings. The quantitative estimate of drug-likeness (QED) is 0.725. The smallest absolute Gasteiger partial charge is 0.0561 e. The van der Waals surface area contributed by atoms with Crippen molar-refractivity contribution in [1.82, 2.24) is 4.98 Å². The summed E-state index contributed by atoms with van der Waals surface area (Å²) in [5.41, 5.74) is 10.7. The van der Waals surface area contributed by atoms with Gasteiger partial charge in [0.05, 0.1) is 5.54 Å². The van der Waals surface area contributed by atoms with E-state index in [2.05, 4.69) is 11.1 Å². The molecule has 3 rings (SSSR count). The van der Waals surface area contributed by atoms with Crippen LogP contribution in [0.15, 0.2) is 6.07 Å². The molecule has 0 aromatic carbocycles. The van der Waals surface area contributed by atoms with E-state index in [0.29, 0.717) is 0 Å². The van der Waals surface area contributed by atoms with E-state index in [9.17, 15) is 0 Å². The van der Waals surface area contributed by atoms with Crippen LogP contribution in [0.25, 0.3) is 0 Å². The molecule has 0 unspecified atom stereocenters. The zero-order chi connectivity index (χ0) is 10.3. The Labute approximate surface area is 91.3 Å². The third-order valence-electron chi connectivity index (χ3n) is 4.15. The van der Waals surface area contributed by atoms with Gasteiger partial charge in [-0.05, 0) is 50.2 Å². The predicted molar refractivity (Wildman–Crippen MR) is 61.8 cm³/mol. The van der Waals surface area contributed by atoms with Gasteiger partial charge in [0.1, 0.15) is 0 Å². The van der Waals surface area contributed by atoms with Crippen molar-refractivity contribution in [3.8, 4) is 0 Å². The van der Waals surface area contributed by atoms with E-state index in [-0.39, 0.29) is 5.54 Å². The molecule has 3 N–H and O–H groups in total. The number of nitrogens with two attached hydrogens (primary N) is 1. The Morgan fingerprint density at radius 3 is 2.53 bits per heavy atom. The second kappa shape index (κ2) is 3.38. The molecule has 2 aliphatic carbocycles. The van der Waals surface area contributed by atoms with E-state index in [0.717, 1.165) is 12.8 Å². The van der Waals surface area contributed by atoms with Crippen LogP contribution < -0.4 is 5.73 Å². The van der Waals surface area contributed by atoms with Gasteiger partial charge in [-0.1, -0.05) is 12.8 Å². The fourth-order valence-electron chi connectivity index (χ4n) is 3.15. The van der Waals surface area contributed by atoms with Crippen LogP contribution in [0.3, 0.4) is 0 Å². The van der Waals surface area contributed by atoms with Crippen LogP contribution in [0.5, 0.6) is 0 Å². The van der Waals surface area contributed by atoms with Crippen molar-refractivity contribution in [2.75, 3.05) is 0 Å². The van der Waals surface area contributed by atoms with E-state index >= 15 is 0 Å². The minimum absolute atomic E-state index is 0.0304. The van der Waals surface area contributed by atoms with Crippen LogP contribution >= 0.6 is 0 Å². The molecule has 0 spiro atoms. The summed E-state index contributed by atoms with van der Waals surface area (Å²) in [4.78, 5) is 3.59. The summed E-state index contributed by atoms with van der Waals surface area (Å²) in [5, 5.41) is 0. The lowest BCUT2D eigenvalue weighted by Crippen LogP contribution is -2.33. The van der Waals surface area contributed by atoms with Gasteiger partial charge >= 0.3 is 0 Å². The monoisotopic (exact) mass is 204 g/mol. The third-order valence-corrected chi connectivity index (χ3v) is 4.15. The van der Waals surface area contributed by atoms with Crippen molar-refractivity contribution in [3.63, 3.8) is 0 Å². The first-order valence-electron chi connectivity index (χ1n) is 6.28.